The van der Waals surface area contributed by atoms with E-state index in [1.807, 2.05) is 0 Å². The molecule has 2 aromatic rings. The number of carbonyl (C=O) groups is 1. The first-order valence-corrected chi connectivity index (χ1v) is 5.35. The zero-order valence-electron chi connectivity index (χ0n) is 8.52. The third-order valence-corrected chi connectivity index (χ3v) is 3.16. The van der Waals surface area contributed by atoms with Crippen LogP contribution in [0.5, 0.6) is 0 Å². The number of hydrogen-bond donors (Lipinski definition) is 1. The number of carbonyl (C=O) groups excluding carboxylic acids is 1. The van der Waals surface area contributed by atoms with Gasteiger partial charge in [0.05, 0.1) is 7.11 Å². The highest BCUT2D eigenvalue weighted by Gasteiger charge is 2.12. The van der Waals surface area contributed by atoms with E-state index in [2.05, 4.69) is 4.74 Å². The van der Waals surface area contributed by atoms with Crippen LogP contribution in [0.25, 0.3) is 10.1 Å². The Hall–Kier alpha value is -1.88. The van der Waals surface area contributed by atoms with Gasteiger partial charge in [-0.3, -0.25) is 4.79 Å². The van der Waals surface area contributed by atoms with E-state index in [0.717, 1.165) is 21.4 Å². The van der Waals surface area contributed by atoms with Gasteiger partial charge in [0.1, 0.15) is 5.56 Å². The maximum atomic E-state index is 11.6. The number of hydrogen-bond acceptors (Lipinski definition) is 5. The number of esters is 1. The summed E-state index contributed by atoms with van der Waals surface area (Å²) in [6, 6.07) is 6.71. The molecule has 1 aromatic carbocycles. The molecule has 2 rings (SSSR count). The van der Waals surface area contributed by atoms with E-state index >= 15 is 0 Å². The van der Waals surface area contributed by atoms with Crippen molar-refractivity contribution in [3.8, 4) is 0 Å². The lowest BCUT2D eigenvalue weighted by Gasteiger charge is -2.01. The molecule has 0 saturated carbocycles. The maximum absolute atomic E-state index is 11.6. The first-order chi connectivity index (χ1) is 7.61. The molecule has 0 spiro atoms. The highest BCUT2D eigenvalue weighted by atomic mass is 32.1. The third kappa shape index (κ3) is 1.77. The second-order valence-electron chi connectivity index (χ2n) is 3.24. The Morgan fingerprint density at radius 1 is 1.38 bits per heavy atom. The molecule has 0 bridgehead atoms. The van der Waals surface area contributed by atoms with Crippen molar-refractivity contribution in [2.45, 2.75) is 0 Å². The van der Waals surface area contributed by atoms with E-state index in [1.54, 1.807) is 18.2 Å². The lowest BCUT2D eigenvalue weighted by atomic mass is 10.2. The topological polar surface area (TPSA) is 69.4 Å². The fraction of sp³-hybridized carbons (Fsp3) is 0.0909. The van der Waals surface area contributed by atoms with Crippen molar-refractivity contribution in [2.75, 3.05) is 12.8 Å². The Labute approximate surface area is 95.3 Å². The van der Waals surface area contributed by atoms with Crippen LogP contribution in [0, 0.1) is 0 Å². The van der Waals surface area contributed by atoms with Crippen LogP contribution in [-0.2, 0) is 4.74 Å². The lowest BCUT2D eigenvalue weighted by Crippen LogP contribution is -2.12. The van der Waals surface area contributed by atoms with Crippen LogP contribution < -0.4 is 10.5 Å². The van der Waals surface area contributed by atoms with Gasteiger partial charge in [0.15, 0.2) is 0 Å². The molecule has 4 nitrogen and oxygen atoms in total. The lowest BCUT2D eigenvalue weighted by molar-refractivity contribution is 0.0600. The van der Waals surface area contributed by atoms with Crippen molar-refractivity contribution in [1.82, 2.24) is 0 Å². The summed E-state index contributed by atoms with van der Waals surface area (Å²) in [5.41, 5.74) is 6.27. The molecule has 1 aromatic heterocycles. The van der Waals surface area contributed by atoms with Gasteiger partial charge in [-0.2, -0.15) is 0 Å². The van der Waals surface area contributed by atoms with Crippen LogP contribution in [0.2, 0.25) is 0 Å². The monoisotopic (exact) mass is 235 g/mol. The molecule has 0 amide bonds. The van der Waals surface area contributed by atoms with Crippen LogP contribution in [0.3, 0.4) is 0 Å². The molecule has 0 radical (unpaired) electrons. The quantitative estimate of drug-likeness (QED) is 0.602. The Bertz CT molecular complexity index is 618. The summed E-state index contributed by atoms with van der Waals surface area (Å²) in [7, 11) is 1.25. The summed E-state index contributed by atoms with van der Waals surface area (Å²) < 4.78 is 5.03. The minimum atomic E-state index is -0.620. The van der Waals surface area contributed by atoms with Crippen molar-refractivity contribution in [3.05, 3.63) is 39.4 Å². The molecular formula is C11H9NO3S. The predicted molar refractivity (Wildman–Crippen MR) is 63.8 cm³/mol. The average molecular weight is 235 g/mol. The molecule has 0 saturated heterocycles. The van der Waals surface area contributed by atoms with Gasteiger partial charge < -0.3 is 10.5 Å². The summed E-state index contributed by atoms with van der Waals surface area (Å²) in [4.78, 5) is 22.9. The van der Waals surface area contributed by atoms with Gasteiger partial charge in [0, 0.05) is 10.4 Å². The molecule has 1 heterocycles. The number of methoxy groups -OCH3 is 1. The van der Waals surface area contributed by atoms with Crippen LogP contribution in [0.4, 0.5) is 5.69 Å². The molecule has 82 valence electrons. The first kappa shape index (κ1) is 10.6. The predicted octanol–water partition coefficient (Wildman–Crippen LogP) is 1.63. The Morgan fingerprint density at radius 3 is 2.81 bits per heavy atom. The molecule has 0 aliphatic carbocycles. The highest BCUT2D eigenvalue weighted by Crippen LogP contribution is 2.20. The summed E-state index contributed by atoms with van der Waals surface area (Å²) in [6.07, 6.45) is 0. The Morgan fingerprint density at radius 2 is 2.12 bits per heavy atom. The molecule has 16 heavy (non-hydrogen) atoms. The van der Waals surface area contributed by atoms with Crippen molar-refractivity contribution in [2.24, 2.45) is 0 Å². The van der Waals surface area contributed by atoms with Crippen LogP contribution >= 0.6 is 11.3 Å². The van der Waals surface area contributed by atoms with Crippen molar-refractivity contribution in [1.29, 1.82) is 0 Å². The number of nitrogens with two attached hydrogens (primary N) is 1. The van der Waals surface area contributed by atoms with Crippen LogP contribution in [0.15, 0.2) is 29.1 Å². The molecule has 0 aliphatic heterocycles. The van der Waals surface area contributed by atoms with Gasteiger partial charge in [-0.1, -0.05) is 11.3 Å². The Balaban J connectivity index is 2.74. The molecule has 0 aliphatic rings. The van der Waals surface area contributed by atoms with Crippen molar-refractivity contribution in [3.63, 3.8) is 0 Å². The smallest absolute Gasteiger partial charge is 0.342 e. The van der Waals surface area contributed by atoms with Crippen LogP contribution in [0.1, 0.15) is 10.4 Å². The van der Waals surface area contributed by atoms with Crippen LogP contribution in [-0.4, -0.2) is 13.1 Å². The largest absolute Gasteiger partial charge is 0.465 e. The number of rotatable bonds is 1. The van der Waals surface area contributed by atoms with Gasteiger partial charge in [0.2, 0.25) is 4.74 Å². The number of nitrogen functional groups attached to an aromatic ring is 1. The van der Waals surface area contributed by atoms with E-state index in [0.29, 0.717) is 5.69 Å². The summed E-state index contributed by atoms with van der Waals surface area (Å²) in [5.74, 6) is -0.620. The fourth-order valence-corrected chi connectivity index (χ4v) is 2.22. The standard InChI is InChI=1S/C11H9NO3S/c1-15-10(13)8-5-6-4-7(12)2-3-9(6)16-11(8)14/h2-5H,12H2,1H3. The summed E-state index contributed by atoms with van der Waals surface area (Å²) in [6.45, 7) is 0. The number of ether oxygens (including phenoxy) is 1. The van der Waals surface area contributed by atoms with Gasteiger partial charge in [-0.15, -0.1) is 0 Å². The second kappa shape index (κ2) is 3.94. The highest BCUT2D eigenvalue weighted by molar-refractivity contribution is 7.16. The molecule has 0 atom stereocenters. The van der Waals surface area contributed by atoms with E-state index in [9.17, 15) is 9.59 Å². The van der Waals surface area contributed by atoms with Gasteiger partial charge in [-0.25, -0.2) is 4.79 Å². The van der Waals surface area contributed by atoms with Crippen molar-refractivity contribution < 1.29 is 9.53 Å². The molecule has 2 N–H and O–H groups in total. The van der Waals surface area contributed by atoms with E-state index in [4.69, 9.17) is 5.73 Å². The zero-order chi connectivity index (χ0) is 11.7. The van der Waals surface area contributed by atoms with Gasteiger partial charge in [-0.05, 0) is 29.7 Å². The first-order valence-electron chi connectivity index (χ1n) is 4.53. The van der Waals surface area contributed by atoms with E-state index < -0.39 is 5.97 Å². The summed E-state index contributed by atoms with van der Waals surface area (Å²) >= 11 is 1.01. The van der Waals surface area contributed by atoms with E-state index in [1.165, 1.54) is 13.2 Å². The number of benzene rings is 1. The van der Waals surface area contributed by atoms with Gasteiger partial charge >= 0.3 is 5.97 Å². The fourth-order valence-electron chi connectivity index (χ4n) is 1.39. The maximum Gasteiger partial charge on any atom is 0.342 e. The minimum Gasteiger partial charge on any atom is -0.465 e. The molecular weight excluding hydrogens is 226 g/mol. The van der Waals surface area contributed by atoms with Gasteiger partial charge in [0.25, 0.3) is 0 Å². The SMILES string of the molecule is COC(=O)c1cc2cc(N)ccc2sc1=O. The van der Waals surface area contributed by atoms with Crippen molar-refractivity contribution >= 4 is 33.1 Å². The molecule has 0 fully saturated rings. The number of fused-ring (bicyclic) bond motifs is 1. The van der Waals surface area contributed by atoms with E-state index in [-0.39, 0.29) is 10.3 Å². The normalized spacial score (nSPS) is 10.3. The second-order valence-corrected chi connectivity index (χ2v) is 4.25. The third-order valence-electron chi connectivity index (χ3n) is 2.16. The zero-order valence-corrected chi connectivity index (χ0v) is 9.34. The Kier molecular flexibility index (Phi) is 2.62. The summed E-state index contributed by atoms with van der Waals surface area (Å²) in [5, 5.41) is 0.769. The molecule has 5 heteroatoms. The average Bonchev–Trinajstić information content (AvgIpc) is 2.28. The number of anilines is 1. The minimum absolute atomic E-state index is 0.0469. The molecule has 0 unspecified atom stereocenters.